The molecule has 0 amide bonds. The van der Waals surface area contributed by atoms with Crippen molar-refractivity contribution in [3.05, 3.63) is 35.9 Å². The molecular weight excluding hydrogens is 134 g/mol. The fourth-order valence-electron chi connectivity index (χ4n) is 1.66. The molecule has 0 radical (unpaired) electrons. The van der Waals surface area contributed by atoms with Crippen LogP contribution in [0.1, 0.15) is 18.5 Å². The van der Waals surface area contributed by atoms with E-state index in [2.05, 4.69) is 49.2 Å². The molecule has 1 heteroatoms. The second-order valence-electron chi connectivity index (χ2n) is 3.26. The van der Waals surface area contributed by atoms with Crippen LogP contribution < -0.4 is 0 Å². The summed E-state index contributed by atoms with van der Waals surface area (Å²) in [6.07, 6.45) is 0. The highest BCUT2D eigenvalue weighted by molar-refractivity contribution is 5.25. The Balaban J connectivity index is 2.20. The molecule has 0 spiro atoms. The summed E-state index contributed by atoms with van der Waals surface area (Å²) in [4.78, 5) is 2.37. The maximum atomic E-state index is 2.37. The van der Waals surface area contributed by atoms with Gasteiger partial charge in [-0.25, -0.2) is 0 Å². The average molecular weight is 147 g/mol. The smallest absolute Gasteiger partial charge is 0.0501 e. The van der Waals surface area contributed by atoms with Gasteiger partial charge in [0.25, 0.3) is 0 Å². The molecular formula is C10H13N. The monoisotopic (exact) mass is 147 g/mol. The summed E-state index contributed by atoms with van der Waals surface area (Å²) in [6.45, 7) is 2.26. The molecule has 1 aliphatic rings. The van der Waals surface area contributed by atoms with Crippen LogP contribution in [0.15, 0.2) is 30.3 Å². The predicted octanol–water partition coefficient (Wildman–Crippen LogP) is 2.06. The molecule has 11 heavy (non-hydrogen) atoms. The van der Waals surface area contributed by atoms with Crippen LogP contribution in [0.2, 0.25) is 0 Å². The Morgan fingerprint density at radius 3 is 2.18 bits per heavy atom. The van der Waals surface area contributed by atoms with Gasteiger partial charge in [0.05, 0.1) is 6.04 Å². The van der Waals surface area contributed by atoms with Crippen molar-refractivity contribution in [2.45, 2.75) is 19.0 Å². The van der Waals surface area contributed by atoms with Crippen molar-refractivity contribution in [2.24, 2.45) is 0 Å². The summed E-state index contributed by atoms with van der Waals surface area (Å²) in [5.74, 6) is 0. The molecule has 1 fully saturated rings. The summed E-state index contributed by atoms with van der Waals surface area (Å²) >= 11 is 0. The third-order valence-corrected chi connectivity index (χ3v) is 2.59. The molecule has 0 N–H and O–H groups in total. The number of benzene rings is 1. The first-order valence-electron chi connectivity index (χ1n) is 4.07. The number of rotatable bonds is 1. The first-order chi connectivity index (χ1) is 5.30. The van der Waals surface area contributed by atoms with Gasteiger partial charge in [0.1, 0.15) is 0 Å². The molecule has 1 saturated heterocycles. The Morgan fingerprint density at radius 1 is 1.18 bits per heavy atom. The van der Waals surface area contributed by atoms with Gasteiger partial charge < -0.3 is 0 Å². The number of hydrogen-bond acceptors (Lipinski definition) is 1. The summed E-state index contributed by atoms with van der Waals surface area (Å²) in [6, 6.07) is 12.1. The Morgan fingerprint density at radius 2 is 1.73 bits per heavy atom. The van der Waals surface area contributed by atoms with E-state index in [4.69, 9.17) is 0 Å². The summed E-state index contributed by atoms with van der Waals surface area (Å²) < 4.78 is 0. The van der Waals surface area contributed by atoms with Crippen molar-refractivity contribution in [1.82, 2.24) is 4.90 Å². The number of likely N-dealkylation sites (N-methyl/N-ethyl adjacent to an activating group) is 1. The standard InChI is InChI=1S/C10H13N/c1-8-10(11(8)2)9-6-4-3-5-7-9/h3-8,10H,1-2H3/t8-,10+,11?/m0/s1. The van der Waals surface area contributed by atoms with Gasteiger partial charge in [-0.05, 0) is 19.5 Å². The van der Waals surface area contributed by atoms with Crippen molar-refractivity contribution >= 4 is 0 Å². The lowest BCUT2D eigenvalue weighted by Crippen LogP contribution is -1.86. The van der Waals surface area contributed by atoms with E-state index in [-0.39, 0.29) is 0 Å². The minimum atomic E-state index is 0.677. The fourth-order valence-corrected chi connectivity index (χ4v) is 1.66. The third kappa shape index (κ3) is 1.05. The first kappa shape index (κ1) is 6.86. The van der Waals surface area contributed by atoms with Gasteiger partial charge in [0.2, 0.25) is 0 Å². The number of nitrogens with zero attached hydrogens (tertiary/aromatic N) is 1. The SMILES string of the molecule is C[C@H]1[C@H](c2ccccc2)N1C. The van der Waals surface area contributed by atoms with Crippen molar-refractivity contribution < 1.29 is 0 Å². The van der Waals surface area contributed by atoms with Crippen LogP contribution in [0.3, 0.4) is 0 Å². The van der Waals surface area contributed by atoms with Crippen molar-refractivity contribution in [3.8, 4) is 0 Å². The van der Waals surface area contributed by atoms with Crippen LogP contribution in [0, 0.1) is 0 Å². The zero-order valence-corrected chi connectivity index (χ0v) is 6.99. The summed E-state index contributed by atoms with van der Waals surface area (Å²) in [7, 11) is 2.17. The molecule has 1 unspecified atom stereocenters. The molecule has 58 valence electrons. The average Bonchev–Trinajstić information content (AvgIpc) is 2.62. The van der Waals surface area contributed by atoms with E-state index >= 15 is 0 Å². The zero-order valence-electron chi connectivity index (χ0n) is 6.99. The summed E-state index contributed by atoms with van der Waals surface area (Å²) in [5.41, 5.74) is 1.45. The molecule has 1 aliphatic heterocycles. The minimum absolute atomic E-state index is 0.677. The molecule has 0 aromatic heterocycles. The Kier molecular flexibility index (Phi) is 1.46. The van der Waals surface area contributed by atoms with Gasteiger partial charge in [0, 0.05) is 6.04 Å². The molecule has 3 atom stereocenters. The van der Waals surface area contributed by atoms with E-state index in [9.17, 15) is 0 Å². The lowest BCUT2D eigenvalue weighted by molar-refractivity contribution is 0.600. The number of hydrogen-bond donors (Lipinski definition) is 0. The van der Waals surface area contributed by atoms with Crippen molar-refractivity contribution in [1.29, 1.82) is 0 Å². The van der Waals surface area contributed by atoms with Crippen LogP contribution in [0.5, 0.6) is 0 Å². The van der Waals surface area contributed by atoms with Crippen LogP contribution in [-0.2, 0) is 0 Å². The van der Waals surface area contributed by atoms with Crippen molar-refractivity contribution in [2.75, 3.05) is 7.05 Å². The zero-order chi connectivity index (χ0) is 7.84. The highest BCUT2D eigenvalue weighted by Crippen LogP contribution is 2.40. The molecule has 2 rings (SSSR count). The lowest BCUT2D eigenvalue weighted by Gasteiger charge is -1.95. The molecule has 1 aromatic carbocycles. The van der Waals surface area contributed by atoms with Gasteiger partial charge in [-0.15, -0.1) is 0 Å². The normalized spacial score (nSPS) is 35.3. The van der Waals surface area contributed by atoms with E-state index in [1.165, 1.54) is 5.56 Å². The van der Waals surface area contributed by atoms with Gasteiger partial charge in [-0.2, -0.15) is 0 Å². The second kappa shape index (κ2) is 2.35. The molecule has 1 aromatic rings. The van der Waals surface area contributed by atoms with Gasteiger partial charge in [-0.3, -0.25) is 4.90 Å². The van der Waals surface area contributed by atoms with Crippen LogP contribution in [-0.4, -0.2) is 18.0 Å². The largest absolute Gasteiger partial charge is 0.293 e. The van der Waals surface area contributed by atoms with E-state index in [0.29, 0.717) is 6.04 Å². The third-order valence-electron chi connectivity index (χ3n) is 2.59. The maximum Gasteiger partial charge on any atom is 0.0501 e. The van der Waals surface area contributed by atoms with E-state index < -0.39 is 0 Å². The minimum Gasteiger partial charge on any atom is -0.293 e. The Hall–Kier alpha value is -0.820. The molecule has 1 heterocycles. The second-order valence-corrected chi connectivity index (χ2v) is 3.26. The predicted molar refractivity (Wildman–Crippen MR) is 46.4 cm³/mol. The highest BCUT2D eigenvalue weighted by Gasteiger charge is 2.40. The van der Waals surface area contributed by atoms with Gasteiger partial charge in [0.15, 0.2) is 0 Å². The topological polar surface area (TPSA) is 3.01 Å². The molecule has 1 nitrogen and oxygen atoms in total. The summed E-state index contributed by atoms with van der Waals surface area (Å²) in [5, 5.41) is 0. The van der Waals surface area contributed by atoms with E-state index in [1.807, 2.05) is 0 Å². The fraction of sp³-hybridized carbons (Fsp3) is 0.400. The Bertz CT molecular complexity index is 234. The molecule has 0 saturated carbocycles. The highest BCUT2D eigenvalue weighted by atomic mass is 15.3. The first-order valence-corrected chi connectivity index (χ1v) is 4.07. The van der Waals surface area contributed by atoms with Gasteiger partial charge >= 0.3 is 0 Å². The quantitative estimate of drug-likeness (QED) is 0.549. The van der Waals surface area contributed by atoms with Crippen LogP contribution in [0.25, 0.3) is 0 Å². The Labute approximate surface area is 67.6 Å². The van der Waals surface area contributed by atoms with Crippen LogP contribution in [0.4, 0.5) is 0 Å². The van der Waals surface area contributed by atoms with E-state index in [1.54, 1.807) is 0 Å². The van der Waals surface area contributed by atoms with Gasteiger partial charge in [-0.1, -0.05) is 30.3 Å². The van der Waals surface area contributed by atoms with E-state index in [0.717, 1.165) is 6.04 Å². The molecule has 0 bridgehead atoms. The lowest BCUT2D eigenvalue weighted by atomic mass is 10.1. The van der Waals surface area contributed by atoms with Crippen LogP contribution >= 0.6 is 0 Å². The molecule has 0 aliphatic carbocycles. The van der Waals surface area contributed by atoms with Crippen molar-refractivity contribution in [3.63, 3.8) is 0 Å². The maximum absolute atomic E-state index is 2.37.